The molecule has 2 N–H and O–H groups in total. The summed E-state index contributed by atoms with van der Waals surface area (Å²) in [5.74, 6) is 1.10. The Morgan fingerprint density at radius 1 is 0.919 bits per heavy atom. The minimum atomic E-state index is -4.94. The van der Waals surface area contributed by atoms with Crippen molar-refractivity contribution in [2.24, 2.45) is 0 Å². The number of nitrogens with zero attached hydrogens (tertiary/aromatic N) is 4. The van der Waals surface area contributed by atoms with Crippen LogP contribution < -0.4 is 15.2 Å². The van der Waals surface area contributed by atoms with Gasteiger partial charge in [-0.25, -0.2) is 15.0 Å². The molecule has 0 atom stereocenters. The van der Waals surface area contributed by atoms with E-state index < -0.39 is 23.5 Å². The van der Waals surface area contributed by atoms with Crippen molar-refractivity contribution in [3.63, 3.8) is 0 Å². The predicted octanol–water partition coefficient (Wildman–Crippen LogP) is 5.86. The zero-order chi connectivity index (χ0) is 27.0. The third-order valence-electron chi connectivity index (χ3n) is 5.37. The van der Waals surface area contributed by atoms with E-state index in [1.54, 1.807) is 22.8 Å². The number of alkyl halides is 6. The van der Waals surface area contributed by atoms with Crippen LogP contribution in [0.2, 0.25) is 0 Å². The van der Waals surface area contributed by atoms with E-state index in [0.29, 0.717) is 33.7 Å². The monoisotopic (exact) mass is 543 g/mol. The zero-order valence-corrected chi connectivity index (χ0v) is 20.1. The minimum absolute atomic E-state index is 0.0415. The van der Waals surface area contributed by atoms with Gasteiger partial charge in [-0.1, -0.05) is 0 Å². The Morgan fingerprint density at radius 3 is 2.19 bits per heavy atom. The van der Waals surface area contributed by atoms with Gasteiger partial charge in [0.05, 0.1) is 30.2 Å². The molecule has 0 saturated heterocycles. The van der Waals surface area contributed by atoms with Crippen LogP contribution >= 0.6 is 11.8 Å². The van der Waals surface area contributed by atoms with Crippen LogP contribution in [0, 0.1) is 0 Å². The number of hydrogen-bond donors (Lipinski definition) is 1. The smallest absolute Gasteiger partial charge is 0.416 e. The van der Waals surface area contributed by atoms with Crippen LogP contribution in [0.25, 0.3) is 11.2 Å². The van der Waals surface area contributed by atoms with Crippen molar-refractivity contribution >= 4 is 28.7 Å². The minimum Gasteiger partial charge on any atom is -0.497 e. The summed E-state index contributed by atoms with van der Waals surface area (Å²) >= 11 is 1.14. The molecule has 0 aliphatic rings. The van der Waals surface area contributed by atoms with Crippen LogP contribution in [0.1, 0.15) is 16.7 Å². The maximum atomic E-state index is 13.3. The Morgan fingerprint density at radius 2 is 1.59 bits per heavy atom. The van der Waals surface area contributed by atoms with Crippen molar-refractivity contribution in [1.82, 2.24) is 19.5 Å². The van der Waals surface area contributed by atoms with Gasteiger partial charge in [0.2, 0.25) is 0 Å². The third kappa shape index (κ3) is 5.68. The quantitative estimate of drug-likeness (QED) is 0.292. The number of aryl methyl sites for hydroxylation is 2. The first-order chi connectivity index (χ1) is 17.4. The molecule has 14 heteroatoms. The van der Waals surface area contributed by atoms with Gasteiger partial charge < -0.3 is 19.8 Å². The maximum absolute atomic E-state index is 13.3. The Labute approximate surface area is 210 Å². The Bertz CT molecular complexity index is 1410. The van der Waals surface area contributed by atoms with E-state index >= 15 is 0 Å². The third-order valence-corrected chi connectivity index (χ3v) is 6.40. The van der Waals surface area contributed by atoms with E-state index in [2.05, 4.69) is 15.0 Å². The molecule has 0 aliphatic carbocycles. The van der Waals surface area contributed by atoms with Crippen molar-refractivity contribution in [1.29, 1.82) is 0 Å². The lowest BCUT2D eigenvalue weighted by atomic mass is 10.0. The standard InChI is InChI=1S/C23H19F6N5O2S/c1-35-15-3-4-16(36-2)17(10-15)37-21-33-18-19(30)31-11-32-20(18)34(21)6-5-12-7-13(22(24,25)26)9-14(8-12)23(27,28)29/h3-4,7-11H,5-6H2,1-2H3,(H2,30,31,32). The number of nitrogen functional groups attached to an aromatic ring is 1. The van der Waals surface area contributed by atoms with Crippen LogP contribution in [-0.2, 0) is 25.3 Å². The molecule has 0 amide bonds. The summed E-state index contributed by atoms with van der Waals surface area (Å²) in [6.07, 6.45) is -8.86. The van der Waals surface area contributed by atoms with Crippen molar-refractivity contribution in [2.75, 3.05) is 20.0 Å². The molecular formula is C23H19F6N5O2S. The highest BCUT2D eigenvalue weighted by atomic mass is 32.2. The molecule has 0 radical (unpaired) electrons. The fraction of sp³-hybridized carbons (Fsp3) is 0.261. The number of hydrogen-bond acceptors (Lipinski definition) is 7. The van der Waals surface area contributed by atoms with Gasteiger partial charge in [-0.3, -0.25) is 0 Å². The fourth-order valence-corrected chi connectivity index (χ4v) is 4.63. The first-order valence-electron chi connectivity index (χ1n) is 10.6. The topological polar surface area (TPSA) is 88.1 Å². The zero-order valence-electron chi connectivity index (χ0n) is 19.3. The Hall–Kier alpha value is -3.68. The van der Waals surface area contributed by atoms with Gasteiger partial charge in [-0.2, -0.15) is 26.3 Å². The first-order valence-corrected chi connectivity index (χ1v) is 11.4. The lowest BCUT2D eigenvalue weighted by Crippen LogP contribution is -2.13. The number of anilines is 1. The van der Waals surface area contributed by atoms with Gasteiger partial charge >= 0.3 is 12.4 Å². The summed E-state index contributed by atoms with van der Waals surface area (Å²) in [5.41, 5.74) is 3.55. The second kappa shape index (κ2) is 10.00. The number of imidazole rings is 1. The molecule has 2 heterocycles. The number of halogens is 6. The number of fused-ring (bicyclic) bond motifs is 1. The van der Waals surface area contributed by atoms with Crippen molar-refractivity contribution < 1.29 is 35.8 Å². The van der Waals surface area contributed by atoms with E-state index in [0.717, 1.165) is 11.8 Å². The molecule has 0 bridgehead atoms. The predicted molar refractivity (Wildman–Crippen MR) is 124 cm³/mol. The molecule has 4 rings (SSSR count). The van der Waals surface area contributed by atoms with Crippen LogP contribution in [0.3, 0.4) is 0 Å². The number of ether oxygens (including phenoxy) is 2. The van der Waals surface area contributed by atoms with Gasteiger partial charge in [0.15, 0.2) is 22.1 Å². The van der Waals surface area contributed by atoms with Crippen molar-refractivity contribution in [3.8, 4) is 11.5 Å². The number of nitrogens with two attached hydrogens (primary N) is 1. The number of benzene rings is 2. The summed E-state index contributed by atoms with van der Waals surface area (Å²) in [7, 11) is 2.97. The Balaban J connectivity index is 1.76. The molecule has 2 aromatic carbocycles. The first kappa shape index (κ1) is 26.4. The molecular weight excluding hydrogens is 524 g/mol. The molecule has 0 unspecified atom stereocenters. The van der Waals surface area contributed by atoms with Gasteiger partial charge in [-0.15, -0.1) is 0 Å². The van der Waals surface area contributed by atoms with E-state index in [9.17, 15) is 26.3 Å². The highest BCUT2D eigenvalue weighted by molar-refractivity contribution is 7.99. The van der Waals surface area contributed by atoms with Crippen molar-refractivity contribution in [3.05, 3.63) is 59.4 Å². The molecule has 4 aromatic rings. The maximum Gasteiger partial charge on any atom is 0.416 e. The SMILES string of the molecule is COc1ccc(OC)c(Sc2nc3c(N)ncnc3n2CCc2cc(C(F)(F)F)cc(C(F)(F)F)c2)c1. The largest absolute Gasteiger partial charge is 0.497 e. The average molecular weight is 543 g/mol. The van der Waals surface area contributed by atoms with E-state index in [1.165, 1.54) is 20.5 Å². The number of aromatic nitrogens is 4. The van der Waals surface area contributed by atoms with Crippen molar-refractivity contribution in [2.45, 2.75) is 35.4 Å². The van der Waals surface area contributed by atoms with Crippen LogP contribution in [0.4, 0.5) is 32.2 Å². The molecule has 0 fully saturated rings. The highest BCUT2D eigenvalue weighted by Crippen LogP contribution is 2.39. The van der Waals surface area contributed by atoms with Gasteiger partial charge in [-0.05, 0) is 60.1 Å². The summed E-state index contributed by atoms with van der Waals surface area (Å²) in [5, 5.41) is 0.330. The van der Waals surface area contributed by atoms with E-state index in [1.807, 2.05) is 0 Å². The molecule has 0 aliphatic heterocycles. The van der Waals surface area contributed by atoms with Crippen LogP contribution in [-0.4, -0.2) is 33.7 Å². The lowest BCUT2D eigenvalue weighted by molar-refractivity contribution is -0.143. The highest BCUT2D eigenvalue weighted by Gasteiger charge is 2.36. The molecule has 2 aromatic heterocycles. The summed E-state index contributed by atoms with van der Waals surface area (Å²) in [4.78, 5) is 13.2. The average Bonchev–Trinajstić information content (AvgIpc) is 3.19. The van der Waals surface area contributed by atoms with Gasteiger partial charge in [0.25, 0.3) is 0 Å². The van der Waals surface area contributed by atoms with E-state index in [4.69, 9.17) is 15.2 Å². The number of methoxy groups -OCH3 is 2. The summed E-state index contributed by atoms with van der Waals surface area (Å²) < 4.78 is 92.0. The number of rotatable bonds is 7. The molecule has 0 saturated carbocycles. The molecule has 196 valence electrons. The van der Waals surface area contributed by atoms with Crippen LogP contribution in [0.15, 0.2) is 52.8 Å². The second-order valence-corrected chi connectivity index (χ2v) is 8.77. The van der Waals surface area contributed by atoms with E-state index in [-0.39, 0.29) is 41.6 Å². The summed E-state index contributed by atoms with van der Waals surface area (Å²) in [6, 6.07) is 6.58. The van der Waals surface area contributed by atoms with Crippen LogP contribution in [0.5, 0.6) is 11.5 Å². The lowest BCUT2D eigenvalue weighted by Gasteiger charge is -2.15. The molecule has 7 nitrogen and oxygen atoms in total. The normalized spacial score (nSPS) is 12.2. The molecule has 0 spiro atoms. The Kier molecular flexibility index (Phi) is 7.13. The van der Waals surface area contributed by atoms with Gasteiger partial charge in [0.1, 0.15) is 17.8 Å². The molecule has 37 heavy (non-hydrogen) atoms. The second-order valence-electron chi connectivity index (χ2n) is 7.76. The van der Waals surface area contributed by atoms with Gasteiger partial charge in [0, 0.05) is 6.54 Å². The summed E-state index contributed by atoms with van der Waals surface area (Å²) in [6.45, 7) is -0.0415. The fourth-order valence-electron chi connectivity index (χ4n) is 3.58.